The van der Waals surface area contributed by atoms with Gasteiger partial charge in [0.15, 0.2) is 0 Å². The van der Waals surface area contributed by atoms with Crippen molar-refractivity contribution in [3.05, 3.63) is 29.8 Å². The molecule has 0 radical (unpaired) electrons. The molecule has 4 nitrogen and oxygen atoms in total. The van der Waals surface area contributed by atoms with E-state index in [4.69, 9.17) is 16.2 Å². The molecule has 0 spiro atoms. The number of rotatable bonds is 4. The lowest BCUT2D eigenvalue weighted by molar-refractivity contribution is -0.156. The summed E-state index contributed by atoms with van der Waals surface area (Å²) >= 11 is 0. The Morgan fingerprint density at radius 3 is 2.33 bits per heavy atom. The molecule has 1 unspecified atom stereocenters. The number of nitrogens with two attached hydrogens (primary N) is 2. The highest BCUT2D eigenvalue weighted by Gasteiger charge is 2.21. The molecule has 4 heteroatoms. The first kappa shape index (κ1) is 14.5. The van der Waals surface area contributed by atoms with Crippen molar-refractivity contribution in [2.24, 2.45) is 5.73 Å². The minimum absolute atomic E-state index is 0.349. The molecule has 4 N–H and O–H groups in total. The lowest BCUT2D eigenvalue weighted by Gasteiger charge is -2.22. The normalized spacial score (nSPS) is 13.1. The number of ether oxygens (including phenoxy) is 1. The van der Waals surface area contributed by atoms with Crippen molar-refractivity contribution in [3.63, 3.8) is 0 Å². The second-order valence-electron chi connectivity index (χ2n) is 5.42. The fraction of sp³-hybridized carbons (Fsp3) is 0.500. The molecule has 100 valence electrons. The molecule has 0 fully saturated rings. The largest absolute Gasteiger partial charge is 0.459 e. The van der Waals surface area contributed by atoms with Gasteiger partial charge in [-0.2, -0.15) is 0 Å². The van der Waals surface area contributed by atoms with Crippen LogP contribution < -0.4 is 11.5 Å². The van der Waals surface area contributed by atoms with Crippen LogP contribution in [-0.2, 0) is 16.0 Å². The van der Waals surface area contributed by atoms with Crippen LogP contribution >= 0.6 is 0 Å². The summed E-state index contributed by atoms with van der Waals surface area (Å²) in [4.78, 5) is 11.7. The Morgan fingerprint density at radius 2 is 1.83 bits per heavy atom. The highest BCUT2D eigenvalue weighted by molar-refractivity contribution is 5.75. The first-order valence-electron chi connectivity index (χ1n) is 6.11. The van der Waals surface area contributed by atoms with Crippen molar-refractivity contribution in [1.82, 2.24) is 0 Å². The molecule has 1 aromatic rings. The average Bonchev–Trinajstić information content (AvgIpc) is 2.25. The standard InChI is InChI=1S/C14H22N2O2/c1-14(2,3)18-13(17)12(16)9-6-10-4-7-11(15)8-5-10/h4-5,7-8,12H,6,9,15-16H2,1-3H3. The lowest BCUT2D eigenvalue weighted by atomic mass is 10.1. The monoisotopic (exact) mass is 250 g/mol. The van der Waals surface area contributed by atoms with E-state index in [-0.39, 0.29) is 5.97 Å². The summed E-state index contributed by atoms with van der Waals surface area (Å²) in [7, 11) is 0. The van der Waals surface area contributed by atoms with Gasteiger partial charge in [0, 0.05) is 5.69 Å². The predicted octanol–water partition coefficient (Wildman–Crippen LogP) is 1.87. The Morgan fingerprint density at radius 1 is 1.28 bits per heavy atom. The zero-order valence-electron chi connectivity index (χ0n) is 11.3. The summed E-state index contributed by atoms with van der Waals surface area (Å²) in [5, 5.41) is 0. The van der Waals surface area contributed by atoms with Crippen LogP contribution in [0.15, 0.2) is 24.3 Å². The third-order valence-corrected chi connectivity index (χ3v) is 2.43. The summed E-state index contributed by atoms with van der Waals surface area (Å²) in [6, 6.07) is 6.98. The van der Waals surface area contributed by atoms with Gasteiger partial charge >= 0.3 is 5.97 Å². The number of anilines is 1. The smallest absolute Gasteiger partial charge is 0.323 e. The molecule has 0 saturated carbocycles. The van der Waals surface area contributed by atoms with Crippen molar-refractivity contribution >= 4 is 11.7 Å². The van der Waals surface area contributed by atoms with Crippen molar-refractivity contribution < 1.29 is 9.53 Å². The summed E-state index contributed by atoms with van der Waals surface area (Å²) in [5.41, 5.74) is 12.8. The number of hydrogen-bond donors (Lipinski definition) is 2. The minimum atomic E-state index is -0.582. The van der Waals surface area contributed by atoms with E-state index < -0.39 is 11.6 Å². The fourth-order valence-corrected chi connectivity index (χ4v) is 1.50. The van der Waals surface area contributed by atoms with Crippen LogP contribution in [0.5, 0.6) is 0 Å². The molecule has 0 aliphatic heterocycles. The maximum absolute atomic E-state index is 11.7. The number of hydrogen-bond acceptors (Lipinski definition) is 4. The Labute approximate surface area is 108 Å². The van der Waals surface area contributed by atoms with Crippen LogP contribution in [0, 0.1) is 0 Å². The van der Waals surface area contributed by atoms with E-state index in [9.17, 15) is 4.79 Å². The van der Waals surface area contributed by atoms with Crippen LogP contribution in [0.25, 0.3) is 0 Å². The highest BCUT2D eigenvalue weighted by Crippen LogP contribution is 2.12. The predicted molar refractivity (Wildman–Crippen MR) is 73.0 cm³/mol. The van der Waals surface area contributed by atoms with Gasteiger partial charge in [0.1, 0.15) is 11.6 Å². The molecular weight excluding hydrogens is 228 g/mol. The van der Waals surface area contributed by atoms with Crippen LogP contribution in [0.1, 0.15) is 32.8 Å². The van der Waals surface area contributed by atoms with Gasteiger partial charge in [-0.15, -0.1) is 0 Å². The molecule has 0 amide bonds. The molecule has 1 atom stereocenters. The molecular formula is C14H22N2O2. The van der Waals surface area contributed by atoms with Crippen molar-refractivity contribution in [1.29, 1.82) is 0 Å². The van der Waals surface area contributed by atoms with Gasteiger partial charge in [-0.3, -0.25) is 4.79 Å². The molecule has 0 saturated heterocycles. The quantitative estimate of drug-likeness (QED) is 0.631. The van der Waals surface area contributed by atoms with Crippen LogP contribution in [0.3, 0.4) is 0 Å². The van der Waals surface area contributed by atoms with Gasteiger partial charge in [-0.1, -0.05) is 12.1 Å². The zero-order chi connectivity index (χ0) is 13.8. The van der Waals surface area contributed by atoms with E-state index in [1.807, 2.05) is 45.0 Å². The van der Waals surface area contributed by atoms with Crippen LogP contribution in [-0.4, -0.2) is 17.6 Å². The number of nitrogen functional groups attached to an aromatic ring is 1. The topological polar surface area (TPSA) is 78.3 Å². The van der Waals surface area contributed by atoms with Gasteiger partial charge in [0.25, 0.3) is 0 Å². The van der Waals surface area contributed by atoms with E-state index in [1.165, 1.54) is 0 Å². The van der Waals surface area contributed by atoms with E-state index in [0.717, 1.165) is 17.7 Å². The zero-order valence-corrected chi connectivity index (χ0v) is 11.3. The second kappa shape index (κ2) is 5.87. The molecule has 1 aromatic carbocycles. The van der Waals surface area contributed by atoms with Crippen molar-refractivity contribution in [2.75, 3.05) is 5.73 Å². The van der Waals surface area contributed by atoms with E-state index in [0.29, 0.717) is 6.42 Å². The van der Waals surface area contributed by atoms with E-state index in [2.05, 4.69) is 0 Å². The number of carbonyl (C=O) groups is 1. The average molecular weight is 250 g/mol. The van der Waals surface area contributed by atoms with Gasteiger partial charge in [-0.05, 0) is 51.3 Å². The summed E-state index contributed by atoms with van der Waals surface area (Å²) in [6.07, 6.45) is 1.31. The van der Waals surface area contributed by atoms with E-state index in [1.54, 1.807) is 0 Å². The minimum Gasteiger partial charge on any atom is -0.459 e. The van der Waals surface area contributed by atoms with Crippen LogP contribution in [0.2, 0.25) is 0 Å². The van der Waals surface area contributed by atoms with E-state index >= 15 is 0 Å². The van der Waals surface area contributed by atoms with Gasteiger partial charge in [0.2, 0.25) is 0 Å². The molecule has 0 bridgehead atoms. The summed E-state index contributed by atoms with van der Waals surface area (Å²) in [5.74, 6) is -0.349. The Hall–Kier alpha value is -1.55. The third kappa shape index (κ3) is 5.19. The molecule has 0 heterocycles. The molecule has 18 heavy (non-hydrogen) atoms. The first-order chi connectivity index (χ1) is 8.28. The molecule has 0 aliphatic rings. The maximum atomic E-state index is 11.7. The Balaban J connectivity index is 2.43. The third-order valence-electron chi connectivity index (χ3n) is 2.43. The number of aryl methyl sites for hydroxylation is 1. The number of benzene rings is 1. The van der Waals surface area contributed by atoms with Crippen LogP contribution in [0.4, 0.5) is 5.69 Å². The Bertz CT molecular complexity index is 393. The van der Waals surface area contributed by atoms with Gasteiger partial charge in [0.05, 0.1) is 0 Å². The second-order valence-corrected chi connectivity index (χ2v) is 5.42. The van der Waals surface area contributed by atoms with Gasteiger partial charge in [-0.25, -0.2) is 0 Å². The van der Waals surface area contributed by atoms with Gasteiger partial charge < -0.3 is 16.2 Å². The first-order valence-corrected chi connectivity index (χ1v) is 6.11. The summed E-state index contributed by atoms with van der Waals surface area (Å²) in [6.45, 7) is 5.49. The maximum Gasteiger partial charge on any atom is 0.323 e. The lowest BCUT2D eigenvalue weighted by Crippen LogP contribution is -2.37. The fourth-order valence-electron chi connectivity index (χ4n) is 1.50. The SMILES string of the molecule is CC(C)(C)OC(=O)C(N)CCc1ccc(N)cc1. The van der Waals surface area contributed by atoms with Crippen molar-refractivity contribution in [2.45, 2.75) is 45.3 Å². The molecule has 1 rings (SSSR count). The molecule has 0 aliphatic carbocycles. The molecule has 0 aromatic heterocycles. The van der Waals surface area contributed by atoms with Crippen molar-refractivity contribution in [3.8, 4) is 0 Å². The number of carbonyl (C=O) groups excluding carboxylic acids is 1. The Kier molecular flexibility index (Phi) is 4.73. The number of esters is 1. The highest BCUT2D eigenvalue weighted by atomic mass is 16.6. The summed E-state index contributed by atoms with van der Waals surface area (Å²) < 4.78 is 5.22.